The zero-order valence-corrected chi connectivity index (χ0v) is 20.4. The fourth-order valence-corrected chi connectivity index (χ4v) is 4.56. The Morgan fingerprint density at radius 2 is 1.85 bits per heavy atom. The maximum Gasteiger partial charge on any atom is 0.343 e. The van der Waals surface area contributed by atoms with Crippen molar-refractivity contribution in [2.45, 2.75) is 31.4 Å². The second-order valence-corrected chi connectivity index (χ2v) is 9.65. The Morgan fingerprint density at radius 1 is 1.09 bits per heavy atom. The number of ether oxygens (including phenoxy) is 3. The highest BCUT2D eigenvalue weighted by Crippen LogP contribution is 2.28. The van der Waals surface area contributed by atoms with Gasteiger partial charge in [0.1, 0.15) is 11.4 Å². The van der Waals surface area contributed by atoms with Crippen molar-refractivity contribution in [3.8, 4) is 11.5 Å². The summed E-state index contributed by atoms with van der Waals surface area (Å²) < 4.78 is 42.1. The zero-order chi connectivity index (χ0) is 24.6. The molecule has 11 nitrogen and oxygen atoms in total. The number of anilines is 2. The van der Waals surface area contributed by atoms with E-state index >= 15 is 0 Å². The van der Waals surface area contributed by atoms with Crippen LogP contribution in [0.3, 0.4) is 0 Å². The SMILES string of the molecule is CCOC(=O)c1cnc(NCCNS(=O)(=O)C2CC2)nc1NCCc1ccc(OC)c(OC)c1. The molecule has 1 aromatic carbocycles. The number of hydrogen-bond acceptors (Lipinski definition) is 10. The average Bonchev–Trinajstić information content (AvgIpc) is 3.68. The number of methoxy groups -OCH3 is 2. The van der Waals surface area contributed by atoms with Crippen molar-refractivity contribution in [2.75, 3.05) is 51.1 Å². The number of nitrogens with one attached hydrogen (secondary N) is 3. The van der Waals surface area contributed by atoms with Crippen LogP contribution in [0, 0.1) is 0 Å². The van der Waals surface area contributed by atoms with Crippen LogP contribution in [0.5, 0.6) is 11.5 Å². The Bertz CT molecular complexity index is 1090. The summed E-state index contributed by atoms with van der Waals surface area (Å²) in [6.07, 6.45) is 3.44. The van der Waals surface area contributed by atoms with Crippen LogP contribution in [-0.4, -0.2) is 70.1 Å². The van der Waals surface area contributed by atoms with Crippen molar-refractivity contribution >= 4 is 27.8 Å². The molecule has 3 N–H and O–H groups in total. The molecule has 1 aliphatic carbocycles. The van der Waals surface area contributed by atoms with Gasteiger partial charge in [-0.25, -0.2) is 22.9 Å². The summed E-state index contributed by atoms with van der Waals surface area (Å²) >= 11 is 0. The van der Waals surface area contributed by atoms with E-state index in [2.05, 4.69) is 25.3 Å². The van der Waals surface area contributed by atoms with Crippen LogP contribution in [0.2, 0.25) is 0 Å². The van der Waals surface area contributed by atoms with Crippen LogP contribution in [0.15, 0.2) is 24.4 Å². The molecule has 1 fully saturated rings. The van der Waals surface area contributed by atoms with E-state index in [1.165, 1.54) is 6.20 Å². The Kier molecular flexibility index (Phi) is 8.88. The van der Waals surface area contributed by atoms with Gasteiger partial charge in [-0.1, -0.05) is 6.07 Å². The summed E-state index contributed by atoms with van der Waals surface area (Å²) in [5.41, 5.74) is 1.23. The monoisotopic (exact) mass is 493 g/mol. The van der Waals surface area contributed by atoms with Crippen molar-refractivity contribution in [3.05, 3.63) is 35.5 Å². The number of sulfonamides is 1. The molecule has 0 aliphatic heterocycles. The largest absolute Gasteiger partial charge is 0.493 e. The van der Waals surface area contributed by atoms with Gasteiger partial charge in [-0.3, -0.25) is 0 Å². The minimum absolute atomic E-state index is 0.212. The van der Waals surface area contributed by atoms with Gasteiger partial charge in [0.2, 0.25) is 16.0 Å². The zero-order valence-electron chi connectivity index (χ0n) is 19.6. The molecule has 1 heterocycles. The molecule has 1 aliphatic rings. The molecule has 34 heavy (non-hydrogen) atoms. The average molecular weight is 494 g/mol. The van der Waals surface area contributed by atoms with Crippen molar-refractivity contribution in [1.29, 1.82) is 0 Å². The highest BCUT2D eigenvalue weighted by Gasteiger charge is 2.35. The minimum Gasteiger partial charge on any atom is -0.493 e. The number of benzene rings is 1. The van der Waals surface area contributed by atoms with E-state index < -0.39 is 16.0 Å². The summed E-state index contributed by atoms with van der Waals surface area (Å²) in [4.78, 5) is 20.9. The second-order valence-electron chi connectivity index (χ2n) is 7.61. The predicted molar refractivity (Wildman–Crippen MR) is 128 cm³/mol. The van der Waals surface area contributed by atoms with Crippen molar-refractivity contribution in [1.82, 2.24) is 14.7 Å². The highest BCUT2D eigenvalue weighted by atomic mass is 32.2. The Morgan fingerprint density at radius 3 is 2.53 bits per heavy atom. The number of rotatable bonds is 14. The predicted octanol–water partition coefficient (Wildman–Crippen LogP) is 1.82. The van der Waals surface area contributed by atoms with Gasteiger partial charge >= 0.3 is 5.97 Å². The first kappa shape index (κ1) is 25.5. The molecule has 0 unspecified atom stereocenters. The van der Waals surface area contributed by atoms with Crippen molar-refractivity contribution in [3.63, 3.8) is 0 Å². The Hall–Kier alpha value is -3.12. The van der Waals surface area contributed by atoms with Gasteiger partial charge in [-0.05, 0) is 43.9 Å². The van der Waals surface area contributed by atoms with E-state index in [-0.39, 0.29) is 29.9 Å². The molecule has 3 rings (SSSR count). The maximum atomic E-state index is 12.3. The molecule has 0 spiro atoms. The fraction of sp³-hybridized carbons (Fsp3) is 0.500. The summed E-state index contributed by atoms with van der Waals surface area (Å²) in [6.45, 7) is 2.95. The van der Waals surface area contributed by atoms with Gasteiger partial charge in [0.25, 0.3) is 0 Å². The van der Waals surface area contributed by atoms with E-state index in [1.807, 2.05) is 18.2 Å². The van der Waals surface area contributed by atoms with Crippen LogP contribution in [0.1, 0.15) is 35.7 Å². The van der Waals surface area contributed by atoms with E-state index in [4.69, 9.17) is 14.2 Å². The normalized spacial score (nSPS) is 13.3. The lowest BCUT2D eigenvalue weighted by Crippen LogP contribution is -2.31. The number of nitrogens with zero attached hydrogens (tertiary/aromatic N) is 2. The standard InChI is InChI=1S/C22H31N5O6S/c1-4-33-21(28)17-14-25-22(24-11-12-26-34(29,30)16-6-7-16)27-20(17)23-10-9-15-5-8-18(31-2)19(13-15)32-3/h5,8,13-14,16,26H,4,6-7,9-12H2,1-3H3,(H2,23,24,25,27). The van der Waals surface area contributed by atoms with Crippen molar-refractivity contribution < 1.29 is 27.4 Å². The molecule has 12 heteroatoms. The highest BCUT2D eigenvalue weighted by molar-refractivity contribution is 7.90. The van der Waals surface area contributed by atoms with Gasteiger partial charge in [-0.2, -0.15) is 4.98 Å². The summed E-state index contributed by atoms with van der Waals surface area (Å²) in [7, 11) is -0.0797. The van der Waals surface area contributed by atoms with E-state index in [0.29, 0.717) is 49.7 Å². The lowest BCUT2D eigenvalue weighted by Gasteiger charge is -2.13. The molecule has 1 aromatic heterocycles. The smallest absolute Gasteiger partial charge is 0.343 e. The number of carbonyl (C=O) groups is 1. The van der Waals surface area contributed by atoms with Crippen LogP contribution in [-0.2, 0) is 21.2 Å². The minimum atomic E-state index is -3.24. The molecule has 2 aromatic rings. The Labute approximate surface area is 199 Å². The molecule has 1 saturated carbocycles. The second kappa shape index (κ2) is 11.8. The molecular weight excluding hydrogens is 462 g/mol. The van der Waals surface area contributed by atoms with Gasteiger partial charge < -0.3 is 24.8 Å². The first-order chi connectivity index (χ1) is 16.4. The molecule has 0 amide bonds. The summed E-state index contributed by atoms with van der Waals surface area (Å²) in [5.74, 6) is 1.36. The topological polar surface area (TPSA) is 141 Å². The van der Waals surface area contributed by atoms with Crippen molar-refractivity contribution in [2.24, 2.45) is 0 Å². The molecule has 0 bridgehead atoms. The van der Waals surface area contributed by atoms with Crippen LogP contribution < -0.4 is 24.8 Å². The number of carbonyl (C=O) groups excluding carboxylic acids is 1. The van der Waals surface area contributed by atoms with Crippen LogP contribution in [0.25, 0.3) is 0 Å². The Balaban J connectivity index is 1.62. The van der Waals surface area contributed by atoms with E-state index in [9.17, 15) is 13.2 Å². The summed E-state index contributed by atoms with van der Waals surface area (Å²) in [6, 6.07) is 5.66. The fourth-order valence-electron chi connectivity index (χ4n) is 3.19. The number of esters is 1. The van der Waals surface area contributed by atoms with E-state index in [0.717, 1.165) is 5.56 Å². The lowest BCUT2D eigenvalue weighted by atomic mass is 10.1. The maximum absolute atomic E-state index is 12.3. The third-order valence-corrected chi connectivity index (χ3v) is 7.07. The number of hydrogen-bond donors (Lipinski definition) is 3. The van der Waals surface area contributed by atoms with Gasteiger partial charge in [0, 0.05) is 25.8 Å². The van der Waals surface area contributed by atoms with Gasteiger partial charge in [0.05, 0.1) is 26.1 Å². The van der Waals surface area contributed by atoms with Gasteiger partial charge in [0.15, 0.2) is 11.5 Å². The lowest BCUT2D eigenvalue weighted by molar-refractivity contribution is 0.0526. The molecule has 0 atom stereocenters. The van der Waals surface area contributed by atoms with Gasteiger partial charge in [-0.15, -0.1) is 0 Å². The van der Waals surface area contributed by atoms with E-state index in [1.54, 1.807) is 21.1 Å². The summed E-state index contributed by atoms with van der Waals surface area (Å²) in [5, 5.41) is 5.88. The quantitative estimate of drug-likeness (QED) is 0.264. The molecular formula is C22H31N5O6S. The molecule has 186 valence electrons. The third-order valence-electron chi connectivity index (χ3n) is 5.11. The first-order valence-electron chi connectivity index (χ1n) is 11.1. The van der Waals surface area contributed by atoms with Crippen LogP contribution >= 0.6 is 0 Å². The molecule has 0 radical (unpaired) electrons. The first-order valence-corrected chi connectivity index (χ1v) is 12.6. The third kappa shape index (κ3) is 6.94. The van der Waals surface area contributed by atoms with Crippen LogP contribution in [0.4, 0.5) is 11.8 Å². The molecule has 0 saturated heterocycles. The number of aromatic nitrogens is 2.